The molecule has 0 saturated carbocycles. The molecule has 6 nitrogen and oxygen atoms in total. The van der Waals surface area contributed by atoms with E-state index in [2.05, 4.69) is 21.2 Å². The van der Waals surface area contributed by atoms with Crippen molar-refractivity contribution < 1.29 is 17.9 Å². The van der Waals surface area contributed by atoms with E-state index in [4.69, 9.17) is 9.88 Å². The smallest absolute Gasteiger partial charge is 0.251 e. The van der Waals surface area contributed by atoms with Crippen LogP contribution in [0.3, 0.4) is 0 Å². The minimum Gasteiger partial charge on any atom is -0.494 e. The van der Waals surface area contributed by atoms with Gasteiger partial charge in [-0.2, -0.15) is 0 Å². The number of nitrogens with two attached hydrogens (primary N) is 1. The van der Waals surface area contributed by atoms with Gasteiger partial charge in [-0.25, -0.2) is 13.6 Å². The molecule has 0 bridgehead atoms. The van der Waals surface area contributed by atoms with Gasteiger partial charge in [-0.3, -0.25) is 4.79 Å². The maximum Gasteiger partial charge on any atom is 0.251 e. The molecule has 0 atom stereocenters. The highest BCUT2D eigenvalue weighted by atomic mass is 79.9. The van der Waals surface area contributed by atoms with Gasteiger partial charge in [0.05, 0.1) is 11.6 Å². The molecule has 1 rings (SSSR count). The predicted molar refractivity (Wildman–Crippen MR) is 70.1 cm³/mol. The fourth-order valence-corrected chi connectivity index (χ4v) is 2.87. The van der Waals surface area contributed by atoms with Gasteiger partial charge in [-0.1, -0.05) is 0 Å². The van der Waals surface area contributed by atoms with Crippen LogP contribution in [0, 0.1) is 0 Å². The van der Waals surface area contributed by atoms with Crippen molar-refractivity contribution in [1.82, 2.24) is 5.32 Å². The molecule has 0 radical (unpaired) electrons. The number of hydrogen-bond acceptors (Lipinski definition) is 4. The van der Waals surface area contributed by atoms with E-state index in [0.29, 0.717) is 11.0 Å². The molecule has 0 fully saturated rings. The summed E-state index contributed by atoms with van der Waals surface area (Å²) in [6, 6.07) is 2.66. The molecule has 100 valence electrons. The summed E-state index contributed by atoms with van der Waals surface area (Å²) in [6.45, 7) is 2.20. The van der Waals surface area contributed by atoms with Crippen molar-refractivity contribution in [1.29, 1.82) is 0 Å². The molecule has 0 saturated heterocycles. The zero-order valence-electron chi connectivity index (χ0n) is 9.86. The van der Waals surface area contributed by atoms with E-state index >= 15 is 0 Å². The Morgan fingerprint density at radius 1 is 1.50 bits per heavy atom. The first-order valence-corrected chi connectivity index (χ1v) is 7.33. The molecule has 1 amide bonds. The van der Waals surface area contributed by atoms with Crippen LogP contribution in [-0.2, 0) is 10.0 Å². The number of rotatable bonds is 4. The predicted octanol–water partition coefficient (Wildman–Crippen LogP) is 0.855. The number of carbonyl (C=O) groups excluding carboxylic acids is 1. The Morgan fingerprint density at radius 3 is 2.56 bits per heavy atom. The molecular formula is C10H13BrN2O4S. The Kier molecular flexibility index (Phi) is 4.71. The Balaban J connectivity index is 3.45. The number of carbonyl (C=O) groups is 1. The first-order valence-electron chi connectivity index (χ1n) is 4.99. The summed E-state index contributed by atoms with van der Waals surface area (Å²) in [7, 11) is -2.65. The van der Waals surface area contributed by atoms with Crippen LogP contribution in [0.25, 0.3) is 0 Å². The van der Waals surface area contributed by atoms with Crippen molar-refractivity contribution in [2.75, 3.05) is 13.7 Å². The third kappa shape index (κ3) is 3.21. The molecule has 0 spiro atoms. The number of halogens is 1. The Bertz CT molecular complexity index is 571. The number of primary sulfonamides is 1. The average molecular weight is 337 g/mol. The molecule has 0 aromatic heterocycles. The summed E-state index contributed by atoms with van der Waals surface area (Å²) in [5.74, 6) is -0.309. The first kappa shape index (κ1) is 14.9. The van der Waals surface area contributed by atoms with Crippen LogP contribution in [0.1, 0.15) is 17.3 Å². The van der Waals surface area contributed by atoms with Crippen LogP contribution in [0.15, 0.2) is 21.5 Å². The lowest BCUT2D eigenvalue weighted by atomic mass is 10.2. The van der Waals surface area contributed by atoms with Gasteiger partial charge in [-0.05, 0) is 35.0 Å². The molecular weight excluding hydrogens is 324 g/mol. The molecule has 1 aromatic carbocycles. The van der Waals surface area contributed by atoms with Crippen LogP contribution in [0.2, 0.25) is 0 Å². The number of sulfonamides is 1. The number of methoxy groups -OCH3 is 1. The van der Waals surface area contributed by atoms with Crippen LogP contribution in [0.5, 0.6) is 5.75 Å². The van der Waals surface area contributed by atoms with Crippen LogP contribution < -0.4 is 15.2 Å². The topological polar surface area (TPSA) is 98.5 Å². The average Bonchev–Trinajstić information content (AvgIpc) is 2.27. The van der Waals surface area contributed by atoms with Gasteiger partial charge in [0.25, 0.3) is 5.91 Å². The van der Waals surface area contributed by atoms with Crippen molar-refractivity contribution in [3.63, 3.8) is 0 Å². The van der Waals surface area contributed by atoms with Gasteiger partial charge in [0.1, 0.15) is 4.90 Å². The van der Waals surface area contributed by atoms with Crippen molar-refractivity contribution >= 4 is 31.9 Å². The third-order valence-corrected chi connectivity index (χ3v) is 3.63. The monoisotopic (exact) mass is 336 g/mol. The van der Waals surface area contributed by atoms with Crippen molar-refractivity contribution in [2.24, 2.45) is 5.14 Å². The van der Waals surface area contributed by atoms with Crippen molar-refractivity contribution in [3.05, 3.63) is 22.2 Å². The number of ether oxygens (including phenoxy) is 1. The highest BCUT2D eigenvalue weighted by Gasteiger charge is 2.21. The van der Waals surface area contributed by atoms with E-state index in [1.165, 1.54) is 19.2 Å². The van der Waals surface area contributed by atoms with Gasteiger partial charge in [-0.15, -0.1) is 0 Å². The zero-order chi connectivity index (χ0) is 13.9. The number of benzene rings is 1. The molecule has 0 aliphatic heterocycles. The maximum absolute atomic E-state index is 11.7. The zero-order valence-corrected chi connectivity index (χ0v) is 12.3. The SMILES string of the molecule is CCNC(=O)c1cc(Br)c(OC)c(S(N)(=O)=O)c1. The van der Waals surface area contributed by atoms with Crippen molar-refractivity contribution in [2.45, 2.75) is 11.8 Å². The van der Waals surface area contributed by atoms with Crippen LogP contribution >= 0.6 is 15.9 Å². The van der Waals surface area contributed by atoms with Gasteiger partial charge in [0, 0.05) is 12.1 Å². The van der Waals surface area contributed by atoms with E-state index in [9.17, 15) is 13.2 Å². The second-order valence-corrected chi connectivity index (χ2v) is 5.78. The van der Waals surface area contributed by atoms with Crippen LogP contribution in [0.4, 0.5) is 0 Å². The molecule has 0 heterocycles. The second kappa shape index (κ2) is 5.68. The fourth-order valence-electron chi connectivity index (χ4n) is 1.37. The van der Waals surface area contributed by atoms with Crippen LogP contribution in [-0.4, -0.2) is 28.0 Å². The third-order valence-electron chi connectivity index (χ3n) is 2.12. The lowest BCUT2D eigenvalue weighted by molar-refractivity contribution is 0.0955. The first-order chi connectivity index (χ1) is 8.31. The summed E-state index contributed by atoms with van der Waals surface area (Å²) < 4.78 is 28.2. The minimum atomic E-state index is -3.97. The summed E-state index contributed by atoms with van der Waals surface area (Å²) in [5, 5.41) is 7.65. The molecule has 0 aliphatic rings. The number of amides is 1. The summed E-state index contributed by atoms with van der Waals surface area (Å²) in [5.41, 5.74) is 0.188. The number of nitrogens with one attached hydrogen (secondary N) is 1. The standard InChI is InChI=1S/C10H13BrN2O4S/c1-3-13-10(14)6-4-7(11)9(17-2)8(5-6)18(12,15)16/h4-5H,3H2,1-2H3,(H,13,14)(H2,12,15,16). The van der Waals surface area contributed by atoms with Crippen molar-refractivity contribution in [3.8, 4) is 5.75 Å². The molecule has 3 N–H and O–H groups in total. The largest absolute Gasteiger partial charge is 0.494 e. The van der Waals surface area contributed by atoms with Gasteiger partial charge < -0.3 is 10.1 Å². The molecule has 0 aliphatic carbocycles. The summed E-state index contributed by atoms with van der Waals surface area (Å²) in [4.78, 5) is 11.4. The molecule has 1 aromatic rings. The Labute approximate surface area is 114 Å². The highest BCUT2D eigenvalue weighted by molar-refractivity contribution is 9.10. The van der Waals surface area contributed by atoms with Gasteiger partial charge >= 0.3 is 0 Å². The number of hydrogen-bond donors (Lipinski definition) is 2. The lowest BCUT2D eigenvalue weighted by Gasteiger charge is -2.11. The lowest BCUT2D eigenvalue weighted by Crippen LogP contribution is -2.23. The maximum atomic E-state index is 11.7. The Hall–Kier alpha value is -1.12. The fraction of sp³-hybridized carbons (Fsp3) is 0.300. The molecule has 8 heteroatoms. The quantitative estimate of drug-likeness (QED) is 0.851. The van der Waals surface area contributed by atoms with E-state index < -0.39 is 10.0 Å². The van der Waals surface area contributed by atoms with Gasteiger partial charge in [0.2, 0.25) is 10.0 Å². The molecule has 0 unspecified atom stereocenters. The van der Waals surface area contributed by atoms with E-state index in [1.54, 1.807) is 6.92 Å². The van der Waals surface area contributed by atoms with E-state index in [-0.39, 0.29) is 22.1 Å². The van der Waals surface area contributed by atoms with E-state index in [1.807, 2.05) is 0 Å². The molecule has 18 heavy (non-hydrogen) atoms. The second-order valence-electron chi connectivity index (χ2n) is 3.39. The van der Waals surface area contributed by atoms with E-state index in [0.717, 1.165) is 0 Å². The highest BCUT2D eigenvalue weighted by Crippen LogP contribution is 2.33. The Morgan fingerprint density at radius 2 is 2.11 bits per heavy atom. The summed E-state index contributed by atoms with van der Waals surface area (Å²) in [6.07, 6.45) is 0. The normalized spacial score (nSPS) is 11.1. The minimum absolute atomic E-state index is 0.0746. The summed E-state index contributed by atoms with van der Waals surface area (Å²) >= 11 is 3.15. The van der Waals surface area contributed by atoms with Gasteiger partial charge in [0.15, 0.2) is 5.75 Å².